The molecule has 1 N–H and O–H groups in total. The minimum absolute atomic E-state index is 0.0712. The zero-order valence-electron chi connectivity index (χ0n) is 19.0. The Bertz CT molecular complexity index is 923. The third kappa shape index (κ3) is 4.90. The van der Waals surface area contributed by atoms with Crippen molar-refractivity contribution in [2.24, 2.45) is 0 Å². The van der Waals surface area contributed by atoms with Crippen molar-refractivity contribution in [2.75, 3.05) is 30.4 Å². The first-order valence-electron chi connectivity index (χ1n) is 11.6. The maximum atomic E-state index is 13.3. The summed E-state index contributed by atoms with van der Waals surface area (Å²) < 4.78 is 6.28. The first kappa shape index (κ1) is 22.2. The van der Waals surface area contributed by atoms with Gasteiger partial charge in [0, 0.05) is 38.4 Å². The van der Waals surface area contributed by atoms with E-state index in [1.165, 1.54) is 0 Å². The molecule has 2 aliphatic rings. The number of likely N-dealkylation sites (N-methyl/N-ethyl adjacent to an activating group) is 1. The van der Waals surface area contributed by atoms with E-state index in [1.807, 2.05) is 66.5 Å². The lowest BCUT2D eigenvalue weighted by Crippen LogP contribution is -2.49. The predicted molar refractivity (Wildman–Crippen MR) is 127 cm³/mol. The second-order valence-electron chi connectivity index (χ2n) is 8.99. The van der Waals surface area contributed by atoms with E-state index in [2.05, 4.69) is 10.2 Å². The van der Waals surface area contributed by atoms with Gasteiger partial charge in [0.25, 0.3) is 5.91 Å². The van der Waals surface area contributed by atoms with E-state index in [1.54, 1.807) is 6.92 Å². The number of rotatable bonds is 6. The van der Waals surface area contributed by atoms with Crippen LogP contribution >= 0.6 is 0 Å². The Morgan fingerprint density at radius 3 is 2.38 bits per heavy atom. The molecule has 1 aliphatic heterocycles. The zero-order valence-corrected chi connectivity index (χ0v) is 19.0. The number of para-hydroxylation sites is 1. The van der Waals surface area contributed by atoms with Crippen molar-refractivity contribution >= 4 is 23.2 Å². The lowest BCUT2D eigenvalue weighted by Gasteiger charge is -2.36. The number of nitrogens with one attached hydrogen (secondary N) is 1. The van der Waals surface area contributed by atoms with Crippen LogP contribution in [0.2, 0.25) is 0 Å². The minimum Gasteiger partial charge on any atom is -0.477 e. The normalized spacial score (nSPS) is 19.9. The molecule has 4 rings (SSSR count). The lowest BCUT2D eigenvalue weighted by molar-refractivity contribution is -0.134. The molecule has 1 saturated heterocycles. The molecule has 0 bridgehead atoms. The summed E-state index contributed by atoms with van der Waals surface area (Å²) in [6.07, 6.45) is 5.54. The maximum absolute atomic E-state index is 13.3. The highest BCUT2D eigenvalue weighted by Gasteiger charge is 2.42. The van der Waals surface area contributed by atoms with E-state index in [9.17, 15) is 9.59 Å². The van der Waals surface area contributed by atoms with Crippen molar-refractivity contribution < 1.29 is 14.3 Å². The summed E-state index contributed by atoms with van der Waals surface area (Å²) in [4.78, 5) is 29.1. The Hall–Kier alpha value is -3.02. The Kier molecular flexibility index (Phi) is 6.68. The van der Waals surface area contributed by atoms with Gasteiger partial charge in [-0.05, 0) is 68.5 Å². The Morgan fingerprint density at radius 1 is 1.03 bits per heavy atom. The van der Waals surface area contributed by atoms with Crippen molar-refractivity contribution in [1.82, 2.24) is 4.90 Å². The van der Waals surface area contributed by atoms with Gasteiger partial charge < -0.3 is 19.9 Å². The average Bonchev–Trinajstić information content (AvgIpc) is 3.30. The molecule has 0 spiro atoms. The molecule has 2 aromatic carbocycles. The molecular weight excluding hydrogens is 402 g/mol. The average molecular weight is 436 g/mol. The number of hydrogen-bond donors (Lipinski definition) is 1. The molecule has 6 nitrogen and oxygen atoms in total. The minimum atomic E-state index is -0.822. The van der Waals surface area contributed by atoms with Crippen LogP contribution in [-0.2, 0) is 9.59 Å². The monoisotopic (exact) mass is 435 g/mol. The fourth-order valence-electron chi connectivity index (χ4n) is 4.76. The number of anilines is 2. The molecular formula is C26H33N3O3. The summed E-state index contributed by atoms with van der Waals surface area (Å²) in [5.74, 6) is 0.765. The molecule has 1 heterocycles. The van der Waals surface area contributed by atoms with Crippen LogP contribution in [0.25, 0.3) is 0 Å². The van der Waals surface area contributed by atoms with Crippen molar-refractivity contribution in [3.8, 4) is 5.75 Å². The van der Waals surface area contributed by atoms with Gasteiger partial charge in [-0.15, -0.1) is 0 Å². The largest absolute Gasteiger partial charge is 0.477 e. The SMILES string of the molecule is CC(=O)N(C)C1CCN(c2ccc(NC(=O)C3(Oc4ccccc4)CCCCC3)cc2)C1. The van der Waals surface area contributed by atoms with Gasteiger partial charge in [-0.2, -0.15) is 0 Å². The number of benzene rings is 2. The van der Waals surface area contributed by atoms with Crippen molar-refractivity contribution in [2.45, 2.75) is 57.1 Å². The van der Waals surface area contributed by atoms with Crippen LogP contribution in [0.5, 0.6) is 5.75 Å². The fourth-order valence-corrected chi connectivity index (χ4v) is 4.76. The molecule has 170 valence electrons. The molecule has 1 unspecified atom stereocenters. The van der Waals surface area contributed by atoms with Gasteiger partial charge in [-0.3, -0.25) is 9.59 Å². The van der Waals surface area contributed by atoms with Gasteiger partial charge in [0.2, 0.25) is 5.91 Å². The van der Waals surface area contributed by atoms with E-state index < -0.39 is 5.60 Å². The van der Waals surface area contributed by atoms with Crippen LogP contribution in [0.15, 0.2) is 54.6 Å². The van der Waals surface area contributed by atoms with Crippen LogP contribution in [-0.4, -0.2) is 48.5 Å². The van der Waals surface area contributed by atoms with Gasteiger partial charge in [-0.1, -0.05) is 24.6 Å². The molecule has 0 radical (unpaired) electrons. The second kappa shape index (κ2) is 9.63. The smallest absolute Gasteiger partial charge is 0.268 e. The molecule has 2 aromatic rings. The third-order valence-corrected chi connectivity index (χ3v) is 6.83. The maximum Gasteiger partial charge on any atom is 0.268 e. The highest BCUT2D eigenvalue weighted by molar-refractivity contribution is 5.97. The fraction of sp³-hybridized carbons (Fsp3) is 0.462. The molecule has 2 amide bonds. The van der Waals surface area contributed by atoms with Gasteiger partial charge in [0.15, 0.2) is 5.60 Å². The van der Waals surface area contributed by atoms with Gasteiger partial charge >= 0.3 is 0 Å². The molecule has 32 heavy (non-hydrogen) atoms. The third-order valence-electron chi connectivity index (χ3n) is 6.83. The highest BCUT2D eigenvalue weighted by atomic mass is 16.5. The van der Waals surface area contributed by atoms with E-state index in [0.29, 0.717) is 0 Å². The molecule has 6 heteroatoms. The van der Waals surface area contributed by atoms with E-state index >= 15 is 0 Å². The van der Waals surface area contributed by atoms with E-state index in [0.717, 1.165) is 68.7 Å². The molecule has 1 saturated carbocycles. The Morgan fingerprint density at radius 2 is 1.72 bits per heavy atom. The van der Waals surface area contributed by atoms with E-state index in [4.69, 9.17) is 4.74 Å². The topological polar surface area (TPSA) is 61.9 Å². The quantitative estimate of drug-likeness (QED) is 0.728. The number of nitrogens with zero attached hydrogens (tertiary/aromatic N) is 2. The first-order chi connectivity index (χ1) is 15.5. The van der Waals surface area contributed by atoms with Crippen molar-refractivity contribution in [3.05, 3.63) is 54.6 Å². The van der Waals surface area contributed by atoms with Crippen LogP contribution in [0, 0.1) is 0 Å². The van der Waals surface area contributed by atoms with Crippen molar-refractivity contribution in [1.29, 1.82) is 0 Å². The lowest BCUT2D eigenvalue weighted by atomic mass is 9.83. The summed E-state index contributed by atoms with van der Waals surface area (Å²) in [6.45, 7) is 3.36. The number of carbonyl (C=O) groups is 2. The van der Waals surface area contributed by atoms with Gasteiger partial charge in [0.05, 0.1) is 6.04 Å². The zero-order chi connectivity index (χ0) is 22.6. The molecule has 1 aliphatic carbocycles. The molecule has 0 aromatic heterocycles. The van der Waals surface area contributed by atoms with Crippen LogP contribution < -0.4 is 15.0 Å². The summed E-state index contributed by atoms with van der Waals surface area (Å²) >= 11 is 0. The van der Waals surface area contributed by atoms with Crippen LogP contribution in [0.1, 0.15) is 45.4 Å². The molecule has 1 atom stereocenters. The number of amides is 2. The van der Waals surface area contributed by atoms with Crippen LogP contribution in [0.3, 0.4) is 0 Å². The van der Waals surface area contributed by atoms with Gasteiger partial charge in [0.1, 0.15) is 5.75 Å². The molecule has 2 fully saturated rings. The predicted octanol–water partition coefficient (Wildman–Crippen LogP) is 4.46. The van der Waals surface area contributed by atoms with Gasteiger partial charge in [-0.25, -0.2) is 0 Å². The highest BCUT2D eigenvalue weighted by Crippen LogP contribution is 2.34. The Labute approximate surface area is 190 Å². The van der Waals surface area contributed by atoms with Crippen LogP contribution in [0.4, 0.5) is 11.4 Å². The van der Waals surface area contributed by atoms with Crippen molar-refractivity contribution in [3.63, 3.8) is 0 Å². The number of carbonyl (C=O) groups excluding carboxylic acids is 2. The van der Waals surface area contributed by atoms with E-state index in [-0.39, 0.29) is 17.9 Å². The number of ether oxygens (including phenoxy) is 1. The summed E-state index contributed by atoms with van der Waals surface area (Å²) in [5.41, 5.74) is 1.06. The first-order valence-corrected chi connectivity index (χ1v) is 11.6. The number of hydrogen-bond acceptors (Lipinski definition) is 4. The summed E-state index contributed by atoms with van der Waals surface area (Å²) in [5, 5.41) is 3.10. The summed E-state index contributed by atoms with van der Waals surface area (Å²) in [7, 11) is 1.87. The summed E-state index contributed by atoms with van der Waals surface area (Å²) in [6, 6.07) is 17.9. The Balaban J connectivity index is 1.42. The second-order valence-corrected chi connectivity index (χ2v) is 8.99. The standard InChI is InChI=1S/C26H33N3O3/c1-20(30)28(2)23-15-18-29(19-23)22-13-11-21(12-14-22)27-25(31)26(16-7-4-8-17-26)32-24-9-5-3-6-10-24/h3,5-6,9-14,23H,4,7-8,15-19H2,1-2H3,(H,27,31).